The smallest absolute Gasteiger partial charge is 0.217 e. The lowest BCUT2D eigenvalue weighted by molar-refractivity contribution is -0.119. The van der Waals surface area contributed by atoms with Crippen molar-refractivity contribution in [3.8, 4) is 0 Å². The van der Waals surface area contributed by atoms with E-state index in [0.29, 0.717) is 5.88 Å². The molecule has 2 nitrogen and oxygen atoms in total. The number of carbonyl (C=O) groups excluding carboxylic acids is 1. The van der Waals surface area contributed by atoms with Crippen LogP contribution < -0.4 is 5.32 Å². The lowest BCUT2D eigenvalue weighted by atomic mass is 10.0. The van der Waals surface area contributed by atoms with Gasteiger partial charge in [-0.15, -0.1) is 11.6 Å². The fourth-order valence-corrected chi connectivity index (χ4v) is 1.81. The van der Waals surface area contributed by atoms with E-state index in [9.17, 15) is 4.79 Å². The highest BCUT2D eigenvalue weighted by atomic mass is 35.5. The van der Waals surface area contributed by atoms with Crippen LogP contribution in [0, 0.1) is 0 Å². The van der Waals surface area contributed by atoms with Crippen LogP contribution in [0.3, 0.4) is 0 Å². The molecule has 16 heavy (non-hydrogen) atoms. The van der Waals surface area contributed by atoms with Crippen molar-refractivity contribution in [2.24, 2.45) is 0 Å². The Labute approximate surface area is 102 Å². The van der Waals surface area contributed by atoms with Crippen LogP contribution in [0.4, 0.5) is 0 Å². The molecule has 0 aliphatic rings. The molecular formula is C13H18ClNO. The van der Waals surface area contributed by atoms with Crippen LogP contribution in [-0.4, -0.2) is 11.9 Å². The van der Waals surface area contributed by atoms with Gasteiger partial charge in [0, 0.05) is 18.8 Å². The summed E-state index contributed by atoms with van der Waals surface area (Å²) in [5, 5.41) is 2.94. The molecule has 0 saturated carbocycles. The van der Waals surface area contributed by atoms with Crippen molar-refractivity contribution in [1.29, 1.82) is 0 Å². The summed E-state index contributed by atoms with van der Waals surface area (Å²) in [6.45, 7) is 3.63. The van der Waals surface area contributed by atoms with Gasteiger partial charge in [-0.25, -0.2) is 0 Å². The van der Waals surface area contributed by atoms with Gasteiger partial charge in [0.15, 0.2) is 0 Å². The number of carbonyl (C=O) groups is 1. The van der Waals surface area contributed by atoms with Gasteiger partial charge in [0.2, 0.25) is 5.91 Å². The Bertz CT molecular complexity index is 334. The largest absolute Gasteiger partial charge is 0.353 e. The number of benzene rings is 1. The lowest BCUT2D eigenvalue weighted by Gasteiger charge is -2.15. The minimum absolute atomic E-state index is 0.0317. The SMILES string of the molecule is CCC(Cc1ccc(CCl)cc1)NC(C)=O. The second-order valence-corrected chi connectivity index (χ2v) is 4.23. The van der Waals surface area contributed by atoms with Gasteiger partial charge < -0.3 is 5.32 Å². The van der Waals surface area contributed by atoms with Crippen LogP contribution in [0.5, 0.6) is 0 Å². The third-order valence-corrected chi connectivity index (χ3v) is 2.87. The van der Waals surface area contributed by atoms with Gasteiger partial charge in [-0.1, -0.05) is 31.2 Å². The molecular weight excluding hydrogens is 222 g/mol. The van der Waals surface area contributed by atoms with Crippen LogP contribution in [0.2, 0.25) is 0 Å². The first-order valence-electron chi connectivity index (χ1n) is 5.56. The summed E-state index contributed by atoms with van der Waals surface area (Å²) in [4.78, 5) is 11.0. The maximum atomic E-state index is 11.0. The quantitative estimate of drug-likeness (QED) is 0.787. The van der Waals surface area contributed by atoms with Crippen LogP contribution >= 0.6 is 11.6 Å². The molecule has 0 saturated heterocycles. The molecule has 1 aromatic rings. The molecule has 1 N–H and O–H groups in total. The van der Waals surface area contributed by atoms with E-state index in [1.54, 1.807) is 6.92 Å². The van der Waals surface area contributed by atoms with E-state index in [1.807, 2.05) is 12.1 Å². The van der Waals surface area contributed by atoms with Crippen LogP contribution in [-0.2, 0) is 17.1 Å². The third kappa shape index (κ3) is 4.23. The second kappa shape index (κ2) is 6.54. The molecule has 0 radical (unpaired) electrons. The molecule has 0 aliphatic carbocycles. The van der Waals surface area contributed by atoms with E-state index in [0.717, 1.165) is 18.4 Å². The molecule has 0 heterocycles. The minimum atomic E-state index is 0.0317. The fourth-order valence-electron chi connectivity index (χ4n) is 1.63. The fraction of sp³-hybridized carbons (Fsp3) is 0.462. The van der Waals surface area contributed by atoms with Gasteiger partial charge in [0.05, 0.1) is 0 Å². The first kappa shape index (κ1) is 13.0. The zero-order valence-electron chi connectivity index (χ0n) is 9.79. The topological polar surface area (TPSA) is 29.1 Å². The molecule has 1 atom stereocenters. The summed E-state index contributed by atoms with van der Waals surface area (Å²) in [7, 11) is 0. The molecule has 1 amide bonds. The number of hydrogen-bond donors (Lipinski definition) is 1. The van der Waals surface area contributed by atoms with E-state index in [2.05, 4.69) is 24.4 Å². The van der Waals surface area contributed by atoms with E-state index in [-0.39, 0.29) is 11.9 Å². The van der Waals surface area contributed by atoms with E-state index >= 15 is 0 Å². The van der Waals surface area contributed by atoms with Crippen molar-refractivity contribution in [3.05, 3.63) is 35.4 Å². The predicted octanol–water partition coefficient (Wildman–Crippen LogP) is 2.88. The van der Waals surface area contributed by atoms with Crippen molar-refractivity contribution >= 4 is 17.5 Å². The summed E-state index contributed by atoms with van der Waals surface area (Å²) in [6, 6.07) is 8.43. The normalized spacial score (nSPS) is 12.2. The molecule has 1 rings (SSSR count). The maximum absolute atomic E-state index is 11.0. The molecule has 1 aromatic carbocycles. The zero-order valence-corrected chi connectivity index (χ0v) is 10.6. The van der Waals surface area contributed by atoms with Gasteiger partial charge in [0.1, 0.15) is 0 Å². The highest BCUT2D eigenvalue weighted by Gasteiger charge is 2.08. The Morgan fingerprint density at radius 2 is 1.88 bits per heavy atom. The first-order valence-corrected chi connectivity index (χ1v) is 6.10. The number of hydrogen-bond acceptors (Lipinski definition) is 1. The monoisotopic (exact) mass is 239 g/mol. The summed E-state index contributed by atoms with van der Waals surface area (Å²) in [5.74, 6) is 0.577. The molecule has 88 valence electrons. The molecule has 0 fully saturated rings. The number of alkyl halides is 1. The third-order valence-electron chi connectivity index (χ3n) is 2.56. The standard InChI is InChI=1S/C13H18ClNO/c1-3-13(15-10(2)16)8-11-4-6-12(9-14)7-5-11/h4-7,13H,3,8-9H2,1-2H3,(H,15,16). The highest BCUT2D eigenvalue weighted by Crippen LogP contribution is 2.10. The summed E-state index contributed by atoms with van der Waals surface area (Å²) in [6.07, 6.45) is 1.81. The Hall–Kier alpha value is -1.02. The van der Waals surface area contributed by atoms with Gasteiger partial charge in [0.25, 0.3) is 0 Å². The van der Waals surface area contributed by atoms with E-state index in [1.165, 1.54) is 5.56 Å². The number of nitrogens with one attached hydrogen (secondary N) is 1. The number of rotatable bonds is 5. The first-order chi connectivity index (χ1) is 7.65. The van der Waals surface area contributed by atoms with E-state index in [4.69, 9.17) is 11.6 Å². The number of amides is 1. The van der Waals surface area contributed by atoms with Crippen LogP contribution in [0.15, 0.2) is 24.3 Å². The van der Waals surface area contributed by atoms with Gasteiger partial charge in [-0.2, -0.15) is 0 Å². The second-order valence-electron chi connectivity index (χ2n) is 3.96. The Balaban J connectivity index is 2.59. The van der Waals surface area contributed by atoms with Crippen molar-refractivity contribution in [2.75, 3.05) is 0 Å². The average molecular weight is 240 g/mol. The molecule has 0 bridgehead atoms. The number of halogens is 1. The summed E-state index contributed by atoms with van der Waals surface area (Å²) in [5.41, 5.74) is 2.35. The van der Waals surface area contributed by atoms with E-state index < -0.39 is 0 Å². The van der Waals surface area contributed by atoms with Crippen molar-refractivity contribution in [1.82, 2.24) is 5.32 Å². The van der Waals surface area contributed by atoms with Gasteiger partial charge >= 0.3 is 0 Å². The maximum Gasteiger partial charge on any atom is 0.217 e. The van der Waals surface area contributed by atoms with Crippen molar-refractivity contribution in [3.63, 3.8) is 0 Å². The average Bonchev–Trinajstić information content (AvgIpc) is 2.28. The Morgan fingerprint density at radius 3 is 2.31 bits per heavy atom. The molecule has 1 unspecified atom stereocenters. The zero-order chi connectivity index (χ0) is 12.0. The summed E-state index contributed by atoms with van der Waals surface area (Å²) < 4.78 is 0. The Morgan fingerprint density at radius 1 is 1.31 bits per heavy atom. The summed E-state index contributed by atoms with van der Waals surface area (Å²) >= 11 is 5.72. The lowest BCUT2D eigenvalue weighted by Crippen LogP contribution is -2.34. The molecule has 0 spiro atoms. The van der Waals surface area contributed by atoms with Gasteiger partial charge in [-0.3, -0.25) is 4.79 Å². The van der Waals surface area contributed by atoms with Crippen LogP contribution in [0.25, 0.3) is 0 Å². The molecule has 3 heteroatoms. The molecule has 0 aromatic heterocycles. The van der Waals surface area contributed by atoms with Crippen molar-refractivity contribution < 1.29 is 4.79 Å². The van der Waals surface area contributed by atoms with Crippen LogP contribution in [0.1, 0.15) is 31.4 Å². The Kier molecular flexibility index (Phi) is 5.33. The van der Waals surface area contributed by atoms with Gasteiger partial charge in [-0.05, 0) is 24.0 Å². The highest BCUT2D eigenvalue weighted by molar-refractivity contribution is 6.17. The van der Waals surface area contributed by atoms with Crippen molar-refractivity contribution in [2.45, 2.75) is 38.6 Å². The minimum Gasteiger partial charge on any atom is -0.353 e. The molecule has 0 aliphatic heterocycles. The predicted molar refractivity (Wildman–Crippen MR) is 67.6 cm³/mol.